The highest BCUT2D eigenvalue weighted by molar-refractivity contribution is 9.10. The van der Waals surface area contributed by atoms with Crippen molar-refractivity contribution in [3.8, 4) is 5.75 Å². The van der Waals surface area contributed by atoms with E-state index in [4.69, 9.17) is 4.74 Å². The van der Waals surface area contributed by atoms with Gasteiger partial charge in [0.05, 0.1) is 6.61 Å². The van der Waals surface area contributed by atoms with Crippen molar-refractivity contribution in [2.45, 2.75) is 37.8 Å². The number of thioether (sulfide) groups is 1. The van der Waals surface area contributed by atoms with Crippen molar-refractivity contribution < 1.29 is 4.74 Å². The Balaban J connectivity index is 1.77. The zero-order chi connectivity index (χ0) is 13.1. The zero-order valence-electron chi connectivity index (χ0n) is 11.0. The molecule has 1 atom stereocenters. The number of hydrogen-bond donors (Lipinski definition) is 1. The normalized spacial score (nSPS) is 24.4. The van der Waals surface area contributed by atoms with Crippen molar-refractivity contribution in [1.82, 2.24) is 5.32 Å². The van der Waals surface area contributed by atoms with Crippen LogP contribution in [0.15, 0.2) is 22.7 Å². The Bertz CT molecular complexity index is 434. The van der Waals surface area contributed by atoms with Crippen molar-refractivity contribution in [2.24, 2.45) is 0 Å². The van der Waals surface area contributed by atoms with Gasteiger partial charge >= 0.3 is 0 Å². The lowest BCUT2D eigenvalue weighted by Crippen LogP contribution is -2.35. The Morgan fingerprint density at radius 2 is 2.05 bits per heavy atom. The van der Waals surface area contributed by atoms with Gasteiger partial charge in [0.15, 0.2) is 0 Å². The van der Waals surface area contributed by atoms with Gasteiger partial charge in [-0.3, -0.25) is 0 Å². The first kappa shape index (κ1) is 13.8. The topological polar surface area (TPSA) is 21.3 Å². The van der Waals surface area contributed by atoms with E-state index in [9.17, 15) is 0 Å². The zero-order valence-corrected chi connectivity index (χ0v) is 13.4. The van der Waals surface area contributed by atoms with E-state index >= 15 is 0 Å². The second-order valence-electron chi connectivity index (χ2n) is 5.28. The summed E-state index contributed by atoms with van der Waals surface area (Å²) in [7, 11) is 0. The van der Waals surface area contributed by atoms with E-state index < -0.39 is 0 Å². The van der Waals surface area contributed by atoms with Gasteiger partial charge in [0.2, 0.25) is 0 Å². The molecule has 0 aliphatic carbocycles. The number of hydrogen-bond acceptors (Lipinski definition) is 3. The van der Waals surface area contributed by atoms with Crippen molar-refractivity contribution in [3.63, 3.8) is 0 Å². The predicted octanol–water partition coefficient (Wildman–Crippen LogP) is 4.15. The summed E-state index contributed by atoms with van der Waals surface area (Å²) >= 11 is 5.61. The number of halogens is 1. The fourth-order valence-electron chi connectivity index (χ4n) is 2.87. The summed E-state index contributed by atoms with van der Waals surface area (Å²) in [5, 5.41) is 3.86. The SMILES string of the molecule is Brc1ccc2c(c1)OCCCC2NC1CCSCC1. The van der Waals surface area contributed by atoms with Gasteiger partial charge in [0, 0.05) is 22.1 Å². The quantitative estimate of drug-likeness (QED) is 0.873. The molecule has 1 aromatic rings. The van der Waals surface area contributed by atoms with Crippen molar-refractivity contribution in [3.05, 3.63) is 28.2 Å². The first-order chi connectivity index (χ1) is 9.33. The van der Waals surface area contributed by atoms with Gasteiger partial charge in [-0.25, -0.2) is 0 Å². The smallest absolute Gasteiger partial charge is 0.125 e. The minimum Gasteiger partial charge on any atom is -0.493 e. The van der Waals surface area contributed by atoms with Crippen LogP contribution >= 0.6 is 27.7 Å². The van der Waals surface area contributed by atoms with E-state index in [-0.39, 0.29) is 0 Å². The molecule has 0 spiro atoms. The molecule has 1 N–H and O–H groups in total. The Morgan fingerprint density at radius 3 is 2.89 bits per heavy atom. The van der Waals surface area contributed by atoms with E-state index in [1.807, 2.05) is 0 Å². The number of benzene rings is 1. The fourth-order valence-corrected chi connectivity index (χ4v) is 4.31. The summed E-state index contributed by atoms with van der Waals surface area (Å²) in [6.07, 6.45) is 4.91. The van der Waals surface area contributed by atoms with Crippen molar-refractivity contribution in [1.29, 1.82) is 0 Å². The summed E-state index contributed by atoms with van der Waals surface area (Å²) in [4.78, 5) is 0. The standard InChI is InChI=1S/C15H20BrNOS/c16-11-3-4-13-14(2-1-7-18-15(13)10-11)17-12-5-8-19-9-6-12/h3-4,10,12,14,17H,1-2,5-9H2. The molecule has 0 saturated carbocycles. The summed E-state index contributed by atoms with van der Waals surface area (Å²) in [6, 6.07) is 7.57. The van der Waals surface area contributed by atoms with Crippen LogP contribution in [0.3, 0.4) is 0 Å². The van der Waals surface area contributed by atoms with E-state index in [0.717, 1.165) is 23.2 Å². The molecule has 1 aromatic carbocycles. The van der Waals surface area contributed by atoms with Crippen LogP contribution in [-0.2, 0) is 0 Å². The number of nitrogens with one attached hydrogen (secondary N) is 1. The van der Waals surface area contributed by atoms with Gasteiger partial charge in [-0.2, -0.15) is 11.8 Å². The second kappa shape index (κ2) is 6.51. The Kier molecular flexibility index (Phi) is 4.72. The third-order valence-corrected chi connectivity index (χ3v) is 5.45. The van der Waals surface area contributed by atoms with Crippen LogP contribution in [0, 0.1) is 0 Å². The minimum absolute atomic E-state index is 0.457. The van der Waals surface area contributed by atoms with Crippen LogP contribution in [0.4, 0.5) is 0 Å². The van der Waals surface area contributed by atoms with Gasteiger partial charge in [0.1, 0.15) is 5.75 Å². The number of ether oxygens (including phenoxy) is 1. The lowest BCUT2D eigenvalue weighted by atomic mass is 10.00. The average molecular weight is 342 g/mol. The average Bonchev–Trinajstić information content (AvgIpc) is 2.62. The highest BCUT2D eigenvalue weighted by atomic mass is 79.9. The fraction of sp³-hybridized carbons (Fsp3) is 0.600. The molecule has 3 rings (SSSR count). The molecule has 2 nitrogen and oxygen atoms in total. The molecule has 104 valence electrons. The van der Waals surface area contributed by atoms with Crippen LogP contribution in [0.5, 0.6) is 5.75 Å². The van der Waals surface area contributed by atoms with Gasteiger partial charge in [-0.05, 0) is 49.3 Å². The molecule has 1 fully saturated rings. The van der Waals surface area contributed by atoms with Crippen LogP contribution in [0.1, 0.15) is 37.3 Å². The van der Waals surface area contributed by atoms with Crippen molar-refractivity contribution >= 4 is 27.7 Å². The minimum atomic E-state index is 0.457. The third kappa shape index (κ3) is 3.47. The summed E-state index contributed by atoms with van der Waals surface area (Å²) in [6.45, 7) is 0.835. The van der Waals surface area contributed by atoms with Gasteiger partial charge in [-0.15, -0.1) is 0 Å². The van der Waals surface area contributed by atoms with E-state index in [0.29, 0.717) is 12.1 Å². The molecule has 2 aliphatic heterocycles. The highest BCUT2D eigenvalue weighted by Gasteiger charge is 2.23. The molecular formula is C15H20BrNOS. The number of rotatable bonds is 2. The molecule has 2 heterocycles. The first-order valence-corrected chi connectivity index (χ1v) is 9.04. The molecule has 19 heavy (non-hydrogen) atoms. The highest BCUT2D eigenvalue weighted by Crippen LogP contribution is 2.34. The molecule has 2 aliphatic rings. The lowest BCUT2D eigenvalue weighted by Gasteiger charge is -2.28. The van der Waals surface area contributed by atoms with Gasteiger partial charge in [0.25, 0.3) is 0 Å². The molecule has 0 aromatic heterocycles. The maximum absolute atomic E-state index is 5.87. The molecular weight excluding hydrogens is 322 g/mol. The van der Waals surface area contributed by atoms with Crippen LogP contribution in [0.2, 0.25) is 0 Å². The monoisotopic (exact) mass is 341 g/mol. The Morgan fingerprint density at radius 1 is 1.21 bits per heavy atom. The molecule has 0 bridgehead atoms. The molecule has 1 saturated heterocycles. The van der Waals surface area contributed by atoms with Crippen LogP contribution < -0.4 is 10.1 Å². The molecule has 4 heteroatoms. The Hall–Kier alpha value is -0.190. The molecule has 1 unspecified atom stereocenters. The van der Waals surface area contributed by atoms with Gasteiger partial charge in [-0.1, -0.05) is 22.0 Å². The maximum atomic E-state index is 5.87. The lowest BCUT2D eigenvalue weighted by molar-refractivity contribution is 0.313. The molecule has 0 radical (unpaired) electrons. The van der Waals surface area contributed by atoms with Crippen LogP contribution in [-0.4, -0.2) is 24.2 Å². The summed E-state index contributed by atoms with van der Waals surface area (Å²) in [5.41, 5.74) is 1.33. The first-order valence-electron chi connectivity index (χ1n) is 7.09. The third-order valence-electron chi connectivity index (χ3n) is 3.90. The maximum Gasteiger partial charge on any atom is 0.125 e. The van der Waals surface area contributed by atoms with E-state index in [1.54, 1.807) is 0 Å². The van der Waals surface area contributed by atoms with Crippen molar-refractivity contribution in [2.75, 3.05) is 18.1 Å². The summed E-state index contributed by atoms with van der Waals surface area (Å²) in [5.74, 6) is 3.65. The number of fused-ring (bicyclic) bond motifs is 1. The van der Waals surface area contributed by atoms with E-state index in [1.165, 1.54) is 36.3 Å². The van der Waals surface area contributed by atoms with Crippen LogP contribution in [0.25, 0.3) is 0 Å². The predicted molar refractivity (Wildman–Crippen MR) is 85.1 cm³/mol. The Labute approximate surface area is 127 Å². The molecule has 0 amide bonds. The second-order valence-corrected chi connectivity index (χ2v) is 7.42. The van der Waals surface area contributed by atoms with Gasteiger partial charge < -0.3 is 10.1 Å². The summed E-state index contributed by atoms with van der Waals surface area (Å²) < 4.78 is 6.97. The van der Waals surface area contributed by atoms with E-state index in [2.05, 4.69) is 51.2 Å². The largest absolute Gasteiger partial charge is 0.493 e.